The molecule has 1 N–H and O–H groups in total. The van der Waals surface area contributed by atoms with Gasteiger partial charge in [-0.05, 0) is 45.1 Å². The van der Waals surface area contributed by atoms with Crippen LogP contribution in [0.15, 0.2) is 30.3 Å². The minimum absolute atomic E-state index is 0.199. The van der Waals surface area contributed by atoms with Gasteiger partial charge in [0, 0.05) is 17.5 Å². The van der Waals surface area contributed by atoms with Gasteiger partial charge in [0.05, 0.1) is 0 Å². The zero-order valence-corrected chi connectivity index (χ0v) is 12.3. The SMILES string of the molecule is CC1CCCC1(CNC(C)(C)C)c1ccccc1. The van der Waals surface area contributed by atoms with Crippen LogP contribution in [0.1, 0.15) is 52.5 Å². The molecule has 1 nitrogen and oxygen atoms in total. The number of rotatable bonds is 3. The molecule has 1 saturated carbocycles. The summed E-state index contributed by atoms with van der Waals surface area (Å²) in [6, 6.07) is 11.1. The van der Waals surface area contributed by atoms with Crippen LogP contribution in [0.2, 0.25) is 0 Å². The Kier molecular flexibility index (Phi) is 3.82. The summed E-state index contributed by atoms with van der Waals surface area (Å²) in [5.41, 5.74) is 2.06. The Morgan fingerprint density at radius 1 is 1.22 bits per heavy atom. The molecule has 0 spiro atoms. The summed E-state index contributed by atoms with van der Waals surface area (Å²) >= 11 is 0. The van der Waals surface area contributed by atoms with E-state index in [2.05, 4.69) is 63.3 Å². The summed E-state index contributed by atoms with van der Waals surface area (Å²) < 4.78 is 0. The zero-order valence-electron chi connectivity index (χ0n) is 12.3. The van der Waals surface area contributed by atoms with Crippen molar-refractivity contribution < 1.29 is 0 Å². The van der Waals surface area contributed by atoms with Crippen LogP contribution in [0.4, 0.5) is 0 Å². The lowest BCUT2D eigenvalue weighted by Crippen LogP contribution is -2.47. The molecule has 2 unspecified atom stereocenters. The lowest BCUT2D eigenvalue weighted by molar-refractivity contribution is 0.279. The average molecular weight is 245 g/mol. The number of hydrogen-bond donors (Lipinski definition) is 1. The normalized spacial score (nSPS) is 28.6. The van der Waals surface area contributed by atoms with Crippen molar-refractivity contribution in [1.29, 1.82) is 0 Å². The van der Waals surface area contributed by atoms with E-state index in [1.807, 2.05) is 0 Å². The second-order valence-electron chi connectivity index (χ2n) is 6.92. The summed E-state index contributed by atoms with van der Waals surface area (Å²) in [5, 5.41) is 3.73. The van der Waals surface area contributed by atoms with E-state index >= 15 is 0 Å². The summed E-state index contributed by atoms with van der Waals surface area (Å²) in [7, 11) is 0. The Hall–Kier alpha value is -0.820. The molecule has 1 aliphatic carbocycles. The molecule has 1 fully saturated rings. The van der Waals surface area contributed by atoms with E-state index in [9.17, 15) is 0 Å². The number of hydrogen-bond acceptors (Lipinski definition) is 1. The first-order chi connectivity index (χ1) is 8.44. The number of nitrogens with one attached hydrogen (secondary N) is 1. The topological polar surface area (TPSA) is 12.0 Å². The maximum Gasteiger partial charge on any atom is 0.0103 e. The molecule has 0 aliphatic heterocycles. The summed E-state index contributed by atoms with van der Waals surface area (Å²) in [5.74, 6) is 0.773. The molecule has 0 saturated heterocycles. The van der Waals surface area contributed by atoms with Crippen LogP contribution in [0, 0.1) is 5.92 Å². The highest BCUT2D eigenvalue weighted by atomic mass is 15.0. The molecule has 0 aromatic heterocycles. The van der Waals surface area contributed by atoms with Crippen LogP contribution in [-0.2, 0) is 5.41 Å². The predicted octanol–water partition coefficient (Wildman–Crippen LogP) is 4.13. The zero-order chi connectivity index (χ0) is 13.2. The van der Waals surface area contributed by atoms with Gasteiger partial charge in [-0.2, -0.15) is 0 Å². The summed E-state index contributed by atoms with van der Waals surface area (Å²) in [6.07, 6.45) is 4.05. The molecular weight excluding hydrogens is 218 g/mol. The highest BCUT2D eigenvalue weighted by molar-refractivity contribution is 5.28. The molecule has 0 bridgehead atoms. The van der Waals surface area contributed by atoms with E-state index in [0.29, 0.717) is 5.41 Å². The van der Waals surface area contributed by atoms with Crippen molar-refractivity contribution in [2.45, 2.75) is 57.9 Å². The predicted molar refractivity (Wildman–Crippen MR) is 78.9 cm³/mol. The van der Waals surface area contributed by atoms with Gasteiger partial charge in [0.1, 0.15) is 0 Å². The Balaban J connectivity index is 2.25. The molecule has 2 atom stereocenters. The van der Waals surface area contributed by atoms with Crippen molar-refractivity contribution in [3.05, 3.63) is 35.9 Å². The molecule has 100 valence electrons. The fourth-order valence-electron chi connectivity index (χ4n) is 3.23. The van der Waals surface area contributed by atoms with Crippen LogP contribution in [0.5, 0.6) is 0 Å². The molecule has 1 aromatic rings. The van der Waals surface area contributed by atoms with Gasteiger partial charge < -0.3 is 5.32 Å². The highest BCUT2D eigenvalue weighted by Gasteiger charge is 2.41. The monoisotopic (exact) mass is 245 g/mol. The van der Waals surface area contributed by atoms with E-state index in [1.165, 1.54) is 24.8 Å². The largest absolute Gasteiger partial charge is 0.311 e. The second kappa shape index (κ2) is 5.05. The fraction of sp³-hybridized carbons (Fsp3) is 0.647. The molecule has 0 amide bonds. The van der Waals surface area contributed by atoms with E-state index in [-0.39, 0.29) is 5.54 Å². The standard InChI is InChI=1S/C17H27N/c1-14-9-8-12-17(14,13-18-16(2,3)4)15-10-6-5-7-11-15/h5-7,10-11,14,18H,8-9,12-13H2,1-4H3. The lowest BCUT2D eigenvalue weighted by atomic mass is 9.72. The minimum atomic E-state index is 0.199. The van der Waals surface area contributed by atoms with Gasteiger partial charge in [0.2, 0.25) is 0 Å². The van der Waals surface area contributed by atoms with Gasteiger partial charge >= 0.3 is 0 Å². The molecule has 2 rings (SSSR count). The maximum atomic E-state index is 3.73. The summed E-state index contributed by atoms with van der Waals surface area (Å²) in [6.45, 7) is 10.3. The smallest absolute Gasteiger partial charge is 0.0103 e. The van der Waals surface area contributed by atoms with Gasteiger partial charge in [0.25, 0.3) is 0 Å². The van der Waals surface area contributed by atoms with E-state index in [1.54, 1.807) is 0 Å². The Morgan fingerprint density at radius 3 is 2.39 bits per heavy atom. The highest BCUT2D eigenvalue weighted by Crippen LogP contribution is 2.45. The fourth-order valence-corrected chi connectivity index (χ4v) is 3.23. The Bertz CT molecular complexity index is 376. The first kappa shape index (κ1) is 13.6. The quantitative estimate of drug-likeness (QED) is 0.844. The third kappa shape index (κ3) is 2.77. The van der Waals surface area contributed by atoms with Crippen molar-refractivity contribution in [1.82, 2.24) is 5.32 Å². The van der Waals surface area contributed by atoms with E-state index < -0.39 is 0 Å². The summed E-state index contributed by atoms with van der Waals surface area (Å²) in [4.78, 5) is 0. The van der Waals surface area contributed by atoms with Crippen molar-refractivity contribution in [3.8, 4) is 0 Å². The Labute approximate surface area is 112 Å². The van der Waals surface area contributed by atoms with Crippen LogP contribution in [0.25, 0.3) is 0 Å². The lowest BCUT2D eigenvalue weighted by Gasteiger charge is -2.37. The van der Waals surface area contributed by atoms with Gasteiger partial charge in [-0.1, -0.05) is 43.7 Å². The van der Waals surface area contributed by atoms with Gasteiger partial charge in [-0.25, -0.2) is 0 Å². The van der Waals surface area contributed by atoms with Crippen LogP contribution in [0.3, 0.4) is 0 Å². The molecule has 18 heavy (non-hydrogen) atoms. The first-order valence-corrected chi connectivity index (χ1v) is 7.25. The van der Waals surface area contributed by atoms with E-state index in [4.69, 9.17) is 0 Å². The van der Waals surface area contributed by atoms with Gasteiger partial charge in [-0.15, -0.1) is 0 Å². The molecule has 0 heterocycles. The van der Waals surface area contributed by atoms with Crippen molar-refractivity contribution in [2.24, 2.45) is 5.92 Å². The Morgan fingerprint density at radius 2 is 1.89 bits per heavy atom. The van der Waals surface area contributed by atoms with Crippen LogP contribution >= 0.6 is 0 Å². The first-order valence-electron chi connectivity index (χ1n) is 7.25. The average Bonchev–Trinajstić information content (AvgIpc) is 2.70. The molecule has 1 aliphatic rings. The third-order valence-electron chi connectivity index (χ3n) is 4.49. The minimum Gasteiger partial charge on any atom is -0.311 e. The van der Waals surface area contributed by atoms with Gasteiger partial charge in [-0.3, -0.25) is 0 Å². The van der Waals surface area contributed by atoms with Gasteiger partial charge in [0.15, 0.2) is 0 Å². The molecule has 1 aromatic carbocycles. The number of benzene rings is 1. The van der Waals surface area contributed by atoms with Crippen LogP contribution < -0.4 is 5.32 Å². The molecule has 0 radical (unpaired) electrons. The second-order valence-corrected chi connectivity index (χ2v) is 6.92. The van der Waals surface area contributed by atoms with E-state index in [0.717, 1.165) is 12.5 Å². The van der Waals surface area contributed by atoms with Crippen LogP contribution in [-0.4, -0.2) is 12.1 Å². The maximum absolute atomic E-state index is 3.73. The van der Waals surface area contributed by atoms with Crippen molar-refractivity contribution in [2.75, 3.05) is 6.54 Å². The molecular formula is C17H27N. The molecule has 1 heteroatoms. The van der Waals surface area contributed by atoms with Crippen molar-refractivity contribution in [3.63, 3.8) is 0 Å². The van der Waals surface area contributed by atoms with Crippen molar-refractivity contribution >= 4 is 0 Å². The third-order valence-corrected chi connectivity index (χ3v) is 4.49.